The molecule has 22 heavy (non-hydrogen) atoms. The van der Waals surface area contributed by atoms with E-state index in [2.05, 4.69) is 26.8 Å². The molecule has 0 spiro atoms. The van der Waals surface area contributed by atoms with Gasteiger partial charge in [-0.15, -0.1) is 0 Å². The lowest BCUT2D eigenvalue weighted by atomic mass is 9.47. The molecule has 0 heterocycles. The second-order valence-corrected chi connectivity index (χ2v) is 8.87. The number of hydrogen-bond donors (Lipinski definition) is 1. The van der Waals surface area contributed by atoms with Crippen molar-refractivity contribution < 1.29 is 9.90 Å². The lowest BCUT2D eigenvalue weighted by Crippen LogP contribution is -2.53. The molecule has 120 valence electrons. The van der Waals surface area contributed by atoms with Crippen LogP contribution in [0.1, 0.15) is 59.3 Å². The van der Waals surface area contributed by atoms with Gasteiger partial charge in [0, 0.05) is 5.41 Å². The van der Waals surface area contributed by atoms with Crippen LogP contribution < -0.4 is 0 Å². The average molecular weight is 300 g/mol. The third-order valence-corrected chi connectivity index (χ3v) is 8.12. The summed E-state index contributed by atoms with van der Waals surface area (Å²) in [5, 5.41) is 10.9. The number of allylic oxidation sites excluding steroid dienone is 4. The molecule has 3 fully saturated rings. The maximum absolute atomic E-state index is 11.7. The highest BCUT2D eigenvalue weighted by Crippen LogP contribution is 2.66. The smallest absolute Gasteiger partial charge is 0.178 e. The van der Waals surface area contributed by atoms with Crippen LogP contribution in [0.4, 0.5) is 0 Å². The molecule has 4 aliphatic carbocycles. The number of carbonyl (C=O) groups excluding carboxylic acids is 1. The number of ketones is 1. The zero-order valence-corrected chi connectivity index (χ0v) is 14.1. The molecule has 4 rings (SSSR count). The Kier molecular flexibility index (Phi) is 2.90. The molecular formula is C20H28O2. The molecule has 0 bridgehead atoms. The van der Waals surface area contributed by atoms with Crippen molar-refractivity contribution in [3.8, 4) is 0 Å². The topological polar surface area (TPSA) is 37.3 Å². The molecule has 0 aromatic rings. The third-order valence-electron chi connectivity index (χ3n) is 8.12. The van der Waals surface area contributed by atoms with E-state index < -0.39 is 5.60 Å². The monoisotopic (exact) mass is 300 g/mol. The fourth-order valence-electron chi connectivity index (χ4n) is 6.44. The van der Waals surface area contributed by atoms with Gasteiger partial charge in [0.1, 0.15) is 0 Å². The number of hydrogen-bond acceptors (Lipinski definition) is 2. The quantitative estimate of drug-likeness (QED) is 0.733. The van der Waals surface area contributed by atoms with Crippen LogP contribution in [-0.2, 0) is 4.79 Å². The van der Waals surface area contributed by atoms with E-state index in [-0.39, 0.29) is 16.6 Å². The van der Waals surface area contributed by atoms with Crippen molar-refractivity contribution in [3.63, 3.8) is 0 Å². The maximum Gasteiger partial charge on any atom is 0.178 e. The van der Waals surface area contributed by atoms with E-state index in [1.807, 2.05) is 6.08 Å². The van der Waals surface area contributed by atoms with Gasteiger partial charge in [0.15, 0.2) is 5.78 Å². The SMILES string of the molecule is C[C@]12C=CC(=O)C=C1CC[C@@H]1[C@H]2CC[C@]2(C)[C@H]1CC[C@]2(C)O. The zero-order valence-electron chi connectivity index (χ0n) is 14.1. The molecule has 6 atom stereocenters. The van der Waals surface area contributed by atoms with Crippen molar-refractivity contribution in [2.24, 2.45) is 28.6 Å². The molecule has 0 aliphatic heterocycles. The van der Waals surface area contributed by atoms with Crippen molar-refractivity contribution in [2.75, 3.05) is 0 Å². The summed E-state index contributed by atoms with van der Waals surface area (Å²) in [4.78, 5) is 11.7. The van der Waals surface area contributed by atoms with E-state index >= 15 is 0 Å². The van der Waals surface area contributed by atoms with E-state index in [4.69, 9.17) is 0 Å². The van der Waals surface area contributed by atoms with Crippen LogP contribution in [0.25, 0.3) is 0 Å². The van der Waals surface area contributed by atoms with Crippen LogP contribution in [0.5, 0.6) is 0 Å². The van der Waals surface area contributed by atoms with E-state index in [1.165, 1.54) is 24.8 Å². The van der Waals surface area contributed by atoms with Gasteiger partial charge in [-0.1, -0.05) is 25.5 Å². The zero-order chi connectivity index (χ0) is 15.8. The third kappa shape index (κ3) is 1.68. The molecule has 0 unspecified atom stereocenters. The average Bonchev–Trinajstić information content (AvgIpc) is 2.70. The number of rotatable bonds is 0. The fraction of sp³-hybridized carbons (Fsp3) is 0.750. The maximum atomic E-state index is 11.7. The summed E-state index contributed by atoms with van der Waals surface area (Å²) >= 11 is 0. The lowest BCUT2D eigenvalue weighted by molar-refractivity contribution is -0.114. The van der Waals surface area contributed by atoms with Crippen molar-refractivity contribution in [3.05, 3.63) is 23.8 Å². The van der Waals surface area contributed by atoms with Crippen LogP contribution >= 0.6 is 0 Å². The van der Waals surface area contributed by atoms with Crippen LogP contribution in [0, 0.1) is 28.6 Å². The fourth-order valence-corrected chi connectivity index (χ4v) is 6.44. The number of aliphatic hydroxyl groups is 1. The molecule has 0 saturated heterocycles. The van der Waals surface area contributed by atoms with E-state index in [0.717, 1.165) is 19.3 Å². The first-order valence-electron chi connectivity index (χ1n) is 8.95. The molecule has 1 N–H and O–H groups in total. The summed E-state index contributed by atoms with van der Waals surface area (Å²) in [6.07, 6.45) is 12.5. The molecular weight excluding hydrogens is 272 g/mol. The first kappa shape index (κ1) is 14.7. The van der Waals surface area contributed by atoms with Crippen molar-refractivity contribution >= 4 is 5.78 Å². The van der Waals surface area contributed by atoms with Gasteiger partial charge in [0.2, 0.25) is 0 Å². The summed E-state index contributed by atoms with van der Waals surface area (Å²) < 4.78 is 0. The first-order valence-corrected chi connectivity index (χ1v) is 8.95. The lowest BCUT2D eigenvalue weighted by Gasteiger charge is -2.57. The van der Waals surface area contributed by atoms with Gasteiger partial charge in [-0.25, -0.2) is 0 Å². The van der Waals surface area contributed by atoms with Crippen LogP contribution in [0.2, 0.25) is 0 Å². The minimum atomic E-state index is -0.502. The first-order chi connectivity index (χ1) is 10.3. The molecule has 2 nitrogen and oxygen atoms in total. The van der Waals surface area contributed by atoms with Crippen LogP contribution in [0.3, 0.4) is 0 Å². The van der Waals surface area contributed by atoms with Crippen molar-refractivity contribution in [2.45, 2.75) is 64.9 Å². The normalized spacial score (nSPS) is 53.5. The Bertz CT molecular complexity index is 585. The molecule has 0 radical (unpaired) electrons. The van der Waals surface area contributed by atoms with E-state index in [1.54, 1.807) is 6.08 Å². The Morgan fingerprint density at radius 3 is 2.59 bits per heavy atom. The van der Waals surface area contributed by atoms with Gasteiger partial charge in [-0.05, 0) is 80.8 Å². The number of fused-ring (bicyclic) bond motifs is 5. The van der Waals surface area contributed by atoms with E-state index in [9.17, 15) is 9.90 Å². The van der Waals surface area contributed by atoms with Gasteiger partial charge in [-0.2, -0.15) is 0 Å². The minimum Gasteiger partial charge on any atom is -0.390 e. The number of carbonyl (C=O) groups is 1. The Labute approximate surface area is 133 Å². The predicted octanol–water partition coefficient (Wildman–Crippen LogP) is 4.05. The van der Waals surface area contributed by atoms with Crippen LogP contribution in [-0.4, -0.2) is 16.5 Å². The molecule has 3 saturated carbocycles. The summed E-state index contributed by atoms with van der Waals surface area (Å²) in [6.45, 7) is 6.73. The van der Waals surface area contributed by atoms with Gasteiger partial charge in [0.25, 0.3) is 0 Å². The summed E-state index contributed by atoms with van der Waals surface area (Å²) in [7, 11) is 0. The standard InChI is InChI=1S/C20H28O2/c1-18-9-6-14(21)12-13(18)4-5-15-16(18)7-10-19(2)17(15)8-11-20(19,3)22/h6,9,12,15-17,22H,4-5,7-8,10-11H2,1-3H3/t15-,16-,17+,18+,19-,20+/m1/s1. The summed E-state index contributed by atoms with van der Waals surface area (Å²) in [5.74, 6) is 2.15. The van der Waals surface area contributed by atoms with Crippen molar-refractivity contribution in [1.82, 2.24) is 0 Å². The van der Waals surface area contributed by atoms with Crippen LogP contribution in [0.15, 0.2) is 23.8 Å². The van der Waals surface area contributed by atoms with Gasteiger partial charge < -0.3 is 5.11 Å². The largest absolute Gasteiger partial charge is 0.390 e. The van der Waals surface area contributed by atoms with Gasteiger partial charge in [-0.3, -0.25) is 4.79 Å². The Hall–Kier alpha value is -0.890. The second kappa shape index (κ2) is 4.35. The van der Waals surface area contributed by atoms with Gasteiger partial charge in [0.05, 0.1) is 5.60 Å². The molecule has 2 heteroatoms. The molecule has 4 aliphatic rings. The van der Waals surface area contributed by atoms with Crippen molar-refractivity contribution in [1.29, 1.82) is 0 Å². The Morgan fingerprint density at radius 2 is 1.82 bits per heavy atom. The van der Waals surface area contributed by atoms with E-state index in [0.29, 0.717) is 17.8 Å². The highest BCUT2D eigenvalue weighted by Gasteiger charge is 2.61. The Balaban J connectivity index is 1.71. The molecule has 0 amide bonds. The van der Waals surface area contributed by atoms with Gasteiger partial charge >= 0.3 is 0 Å². The highest BCUT2D eigenvalue weighted by atomic mass is 16.3. The minimum absolute atomic E-state index is 0.0760. The summed E-state index contributed by atoms with van der Waals surface area (Å²) in [6, 6.07) is 0. The predicted molar refractivity (Wildman–Crippen MR) is 87.2 cm³/mol. The summed E-state index contributed by atoms with van der Waals surface area (Å²) in [5.41, 5.74) is 1.01. The highest BCUT2D eigenvalue weighted by molar-refractivity contribution is 6.01. The molecule has 0 aromatic carbocycles. The second-order valence-electron chi connectivity index (χ2n) is 8.87. The molecule has 0 aromatic heterocycles. The Morgan fingerprint density at radius 1 is 1.09 bits per heavy atom.